The number of carbonyl (C=O) groups excluding carboxylic acids is 1. The minimum Gasteiger partial charge on any atom is -0.491 e. The molecule has 16 heavy (non-hydrogen) atoms. The molecule has 1 aromatic rings. The molecule has 0 saturated heterocycles. The molecule has 0 heterocycles. The summed E-state index contributed by atoms with van der Waals surface area (Å²) in [6, 6.07) is 9.56. The molecule has 3 heteroatoms. The van der Waals surface area contributed by atoms with Crippen LogP contribution in [0.2, 0.25) is 0 Å². The number of amides is 1. The van der Waals surface area contributed by atoms with Gasteiger partial charge in [0.2, 0.25) is 0 Å². The van der Waals surface area contributed by atoms with Crippen LogP contribution in [0.25, 0.3) is 6.08 Å². The average Bonchev–Trinajstić information content (AvgIpc) is 2.34. The predicted octanol–water partition coefficient (Wildman–Crippen LogP) is 2.01. The third-order valence-electron chi connectivity index (χ3n) is 2.00. The largest absolute Gasteiger partial charge is 0.491 e. The summed E-state index contributed by atoms with van der Waals surface area (Å²) in [7, 11) is 1.48. The van der Waals surface area contributed by atoms with Crippen LogP contribution in [0.1, 0.15) is 12.0 Å². The molecule has 0 aliphatic rings. The van der Waals surface area contributed by atoms with Crippen LogP contribution in [-0.2, 0) is 9.53 Å². The lowest BCUT2D eigenvalue weighted by Gasteiger charge is -2.06. The van der Waals surface area contributed by atoms with E-state index >= 15 is 0 Å². The first-order chi connectivity index (χ1) is 7.77. The number of rotatable bonds is 5. The molecule has 0 aliphatic carbocycles. The van der Waals surface area contributed by atoms with Crippen LogP contribution < -0.4 is 5.32 Å². The first-order valence-electron chi connectivity index (χ1n) is 5.16. The second-order valence-electron chi connectivity index (χ2n) is 3.23. The van der Waals surface area contributed by atoms with Gasteiger partial charge in [0.05, 0.1) is 7.11 Å². The number of nitrogens with one attached hydrogen (secondary N) is 1. The summed E-state index contributed by atoms with van der Waals surface area (Å²) in [5, 5.41) is 2.71. The Morgan fingerprint density at radius 1 is 1.44 bits per heavy atom. The van der Waals surface area contributed by atoms with Crippen molar-refractivity contribution in [1.82, 2.24) is 5.32 Å². The average molecular weight is 218 g/mol. The Hall–Kier alpha value is -1.77. The van der Waals surface area contributed by atoms with E-state index in [1.807, 2.05) is 30.3 Å². The fraction of sp³-hybridized carbons (Fsp3) is 0.231. The predicted molar refractivity (Wildman–Crippen MR) is 64.4 cm³/mol. The van der Waals surface area contributed by atoms with E-state index in [0.717, 1.165) is 5.56 Å². The topological polar surface area (TPSA) is 38.3 Å². The smallest absolute Gasteiger partial charge is 0.286 e. The normalized spacial score (nSPS) is 11.0. The Morgan fingerprint density at radius 3 is 2.69 bits per heavy atom. The minimum absolute atomic E-state index is 0.213. The van der Waals surface area contributed by atoms with Gasteiger partial charge < -0.3 is 10.1 Å². The van der Waals surface area contributed by atoms with Crippen molar-refractivity contribution in [3.63, 3.8) is 0 Å². The number of hydrogen-bond donors (Lipinski definition) is 1. The van der Waals surface area contributed by atoms with Crippen molar-refractivity contribution in [1.29, 1.82) is 0 Å². The van der Waals surface area contributed by atoms with Crippen molar-refractivity contribution in [3.05, 3.63) is 48.6 Å². The fourth-order valence-electron chi connectivity index (χ4n) is 1.21. The molecular weight excluding hydrogens is 202 g/mol. The maximum atomic E-state index is 11.6. The molecule has 0 unspecified atom stereocenters. The first kappa shape index (κ1) is 12.3. The van der Waals surface area contributed by atoms with E-state index in [1.54, 1.807) is 6.08 Å². The van der Waals surface area contributed by atoms with Crippen molar-refractivity contribution in [3.8, 4) is 0 Å². The molecule has 1 N–H and O–H groups in total. The Labute approximate surface area is 96.1 Å². The summed E-state index contributed by atoms with van der Waals surface area (Å²) >= 11 is 0. The highest BCUT2D eigenvalue weighted by molar-refractivity contribution is 5.95. The van der Waals surface area contributed by atoms with Crippen LogP contribution in [-0.4, -0.2) is 19.6 Å². The lowest BCUT2D eigenvalue weighted by atomic mass is 10.2. The second kappa shape index (κ2) is 6.67. The van der Waals surface area contributed by atoms with E-state index in [0.29, 0.717) is 18.7 Å². The van der Waals surface area contributed by atoms with E-state index in [4.69, 9.17) is 4.74 Å². The van der Waals surface area contributed by atoms with Gasteiger partial charge in [-0.15, -0.1) is 0 Å². The lowest BCUT2D eigenvalue weighted by Crippen LogP contribution is -2.26. The summed E-state index contributed by atoms with van der Waals surface area (Å²) in [6.07, 6.45) is 2.37. The van der Waals surface area contributed by atoms with Crippen molar-refractivity contribution >= 4 is 12.0 Å². The maximum absolute atomic E-state index is 11.6. The fourth-order valence-corrected chi connectivity index (χ4v) is 1.21. The lowest BCUT2D eigenvalue weighted by molar-refractivity contribution is -0.120. The standard InChI is InChI=1S/C13H16NO2/c1-3-9-14-13(15)12(16-2)10-11-7-5-4-6-8-11/h4-8,10H,1,3,9H2,2H3,(H,14,15). The Kier molecular flexibility index (Phi) is 5.12. The highest BCUT2D eigenvalue weighted by Crippen LogP contribution is 2.07. The highest BCUT2D eigenvalue weighted by atomic mass is 16.5. The summed E-state index contributed by atoms with van der Waals surface area (Å²) in [6.45, 7) is 4.20. The van der Waals surface area contributed by atoms with Gasteiger partial charge in [-0.25, -0.2) is 0 Å². The van der Waals surface area contributed by atoms with Crippen molar-refractivity contribution in [2.45, 2.75) is 6.42 Å². The number of methoxy groups -OCH3 is 1. The van der Waals surface area contributed by atoms with E-state index in [-0.39, 0.29) is 5.91 Å². The first-order valence-corrected chi connectivity index (χ1v) is 5.16. The van der Waals surface area contributed by atoms with Crippen LogP contribution in [0, 0.1) is 6.92 Å². The SMILES string of the molecule is [CH2]CCNC(=O)C(=Cc1ccccc1)OC. The van der Waals surface area contributed by atoms with Crippen molar-refractivity contribution in [2.24, 2.45) is 0 Å². The molecule has 0 spiro atoms. The second-order valence-corrected chi connectivity index (χ2v) is 3.23. The molecular formula is C13H16NO2. The molecule has 0 saturated carbocycles. The Balaban J connectivity index is 2.74. The van der Waals surface area contributed by atoms with Crippen LogP contribution >= 0.6 is 0 Å². The zero-order chi connectivity index (χ0) is 11.8. The summed E-state index contributed by atoms with van der Waals surface area (Å²) in [4.78, 5) is 11.6. The van der Waals surface area contributed by atoms with Crippen LogP contribution in [0.15, 0.2) is 36.1 Å². The van der Waals surface area contributed by atoms with Gasteiger partial charge in [-0.2, -0.15) is 0 Å². The number of benzene rings is 1. The van der Waals surface area contributed by atoms with Gasteiger partial charge in [-0.3, -0.25) is 4.79 Å². The summed E-state index contributed by atoms with van der Waals surface area (Å²) in [5.74, 6) is 0.0923. The Bertz CT molecular complexity index is 357. The van der Waals surface area contributed by atoms with Crippen molar-refractivity contribution < 1.29 is 9.53 Å². The molecule has 1 aromatic carbocycles. The van der Waals surface area contributed by atoms with Crippen LogP contribution in [0.3, 0.4) is 0 Å². The van der Waals surface area contributed by atoms with E-state index in [9.17, 15) is 4.79 Å². The zero-order valence-electron chi connectivity index (χ0n) is 9.40. The Morgan fingerprint density at radius 2 is 2.12 bits per heavy atom. The van der Waals surface area contributed by atoms with Crippen LogP contribution in [0.5, 0.6) is 0 Å². The zero-order valence-corrected chi connectivity index (χ0v) is 9.40. The van der Waals surface area contributed by atoms with Gasteiger partial charge in [0.1, 0.15) is 0 Å². The van der Waals surface area contributed by atoms with E-state index in [2.05, 4.69) is 12.2 Å². The van der Waals surface area contributed by atoms with Gasteiger partial charge in [0, 0.05) is 6.54 Å². The summed E-state index contributed by atoms with van der Waals surface area (Å²) in [5.41, 5.74) is 0.934. The molecule has 0 aromatic heterocycles. The highest BCUT2D eigenvalue weighted by Gasteiger charge is 2.07. The van der Waals surface area contributed by atoms with Gasteiger partial charge in [0.25, 0.3) is 5.91 Å². The summed E-state index contributed by atoms with van der Waals surface area (Å²) < 4.78 is 5.04. The van der Waals surface area contributed by atoms with Gasteiger partial charge in [0.15, 0.2) is 5.76 Å². The molecule has 1 radical (unpaired) electrons. The van der Waals surface area contributed by atoms with Gasteiger partial charge in [-0.05, 0) is 18.1 Å². The molecule has 0 aliphatic heterocycles. The number of carbonyl (C=O) groups is 1. The number of hydrogen-bond acceptors (Lipinski definition) is 2. The van der Waals surface area contributed by atoms with E-state index in [1.165, 1.54) is 7.11 Å². The minimum atomic E-state index is -0.213. The van der Waals surface area contributed by atoms with Crippen LogP contribution in [0.4, 0.5) is 0 Å². The molecule has 0 fully saturated rings. The molecule has 1 rings (SSSR count). The molecule has 1 amide bonds. The molecule has 0 bridgehead atoms. The van der Waals surface area contributed by atoms with Gasteiger partial charge in [-0.1, -0.05) is 37.3 Å². The monoisotopic (exact) mass is 218 g/mol. The molecule has 3 nitrogen and oxygen atoms in total. The quantitative estimate of drug-likeness (QED) is 0.606. The molecule has 0 atom stereocenters. The van der Waals surface area contributed by atoms with Crippen molar-refractivity contribution in [2.75, 3.05) is 13.7 Å². The maximum Gasteiger partial charge on any atom is 0.286 e. The third kappa shape index (κ3) is 3.77. The van der Waals surface area contributed by atoms with E-state index < -0.39 is 0 Å². The van der Waals surface area contributed by atoms with Gasteiger partial charge >= 0.3 is 0 Å². The number of ether oxygens (including phenoxy) is 1. The third-order valence-corrected chi connectivity index (χ3v) is 2.00. The molecule has 85 valence electrons.